The summed E-state index contributed by atoms with van der Waals surface area (Å²) in [4.78, 5) is 9.21. The predicted octanol–water partition coefficient (Wildman–Crippen LogP) is 2.93. The summed E-state index contributed by atoms with van der Waals surface area (Å²) in [6.07, 6.45) is 11.0. The monoisotopic (exact) mass is 363 g/mol. The lowest BCUT2D eigenvalue weighted by Crippen LogP contribution is -2.45. The molecule has 1 aliphatic rings. The summed E-state index contributed by atoms with van der Waals surface area (Å²) in [5.41, 5.74) is 0.208. The maximum atomic E-state index is 9.50. The molecule has 26 heavy (non-hydrogen) atoms. The van der Waals surface area contributed by atoms with Crippen LogP contribution >= 0.6 is 0 Å². The fourth-order valence-corrected chi connectivity index (χ4v) is 3.87. The molecule has 0 atom stereocenters. The van der Waals surface area contributed by atoms with Crippen molar-refractivity contribution in [3.05, 3.63) is 18.2 Å². The molecule has 0 aliphatic heterocycles. The number of aliphatic hydroxyl groups is 1. The first-order chi connectivity index (χ1) is 12.6. The minimum atomic E-state index is 0.208. The van der Waals surface area contributed by atoms with Crippen molar-refractivity contribution in [1.82, 2.24) is 20.2 Å². The van der Waals surface area contributed by atoms with E-state index in [2.05, 4.69) is 41.0 Å². The topological polar surface area (TPSA) is 74.5 Å². The van der Waals surface area contributed by atoms with Crippen molar-refractivity contribution in [1.29, 1.82) is 0 Å². The zero-order valence-electron chi connectivity index (χ0n) is 16.8. The first kappa shape index (κ1) is 20.7. The number of aliphatic hydroxyl groups excluding tert-OH is 1. The van der Waals surface area contributed by atoms with E-state index in [-0.39, 0.29) is 12.0 Å². The number of aromatic nitrogens is 2. The van der Waals surface area contributed by atoms with Crippen LogP contribution in [-0.4, -0.2) is 40.3 Å². The van der Waals surface area contributed by atoms with Crippen LogP contribution in [0.2, 0.25) is 0 Å². The van der Waals surface area contributed by atoms with Crippen molar-refractivity contribution < 1.29 is 5.11 Å². The highest BCUT2D eigenvalue weighted by Crippen LogP contribution is 2.38. The summed E-state index contributed by atoms with van der Waals surface area (Å²) in [6, 6.07) is 0. The third kappa shape index (κ3) is 6.31. The number of hydrogen-bond acceptors (Lipinski definition) is 3. The molecular formula is C20H37N5O. The summed E-state index contributed by atoms with van der Waals surface area (Å²) in [6.45, 7) is 10.0. The second-order valence-electron chi connectivity index (χ2n) is 7.97. The molecule has 1 aliphatic carbocycles. The highest BCUT2D eigenvalue weighted by Gasteiger charge is 2.31. The van der Waals surface area contributed by atoms with Crippen molar-refractivity contribution in [2.75, 3.05) is 19.7 Å². The average molecular weight is 364 g/mol. The van der Waals surface area contributed by atoms with Gasteiger partial charge in [0, 0.05) is 38.6 Å². The van der Waals surface area contributed by atoms with Crippen molar-refractivity contribution in [2.45, 2.75) is 72.4 Å². The number of rotatable bonds is 9. The van der Waals surface area contributed by atoms with Gasteiger partial charge in [0.15, 0.2) is 5.96 Å². The molecule has 1 aromatic heterocycles. The van der Waals surface area contributed by atoms with E-state index in [0.717, 1.165) is 37.8 Å². The molecule has 1 saturated carbocycles. The van der Waals surface area contributed by atoms with Gasteiger partial charge in [-0.15, -0.1) is 0 Å². The third-order valence-electron chi connectivity index (χ3n) is 5.27. The van der Waals surface area contributed by atoms with Gasteiger partial charge in [-0.25, -0.2) is 9.98 Å². The summed E-state index contributed by atoms with van der Waals surface area (Å²) in [7, 11) is 0. The minimum absolute atomic E-state index is 0.208. The van der Waals surface area contributed by atoms with Crippen LogP contribution < -0.4 is 10.6 Å². The Morgan fingerprint density at radius 2 is 2.08 bits per heavy atom. The molecule has 0 unspecified atom stereocenters. The number of aliphatic imine (C=N–C) groups is 1. The van der Waals surface area contributed by atoms with Crippen LogP contribution in [0, 0.1) is 11.3 Å². The van der Waals surface area contributed by atoms with E-state index in [4.69, 9.17) is 4.99 Å². The van der Waals surface area contributed by atoms with E-state index in [0.29, 0.717) is 12.5 Å². The Morgan fingerprint density at radius 3 is 2.73 bits per heavy atom. The Labute approximate surface area is 158 Å². The van der Waals surface area contributed by atoms with Gasteiger partial charge in [-0.2, -0.15) is 0 Å². The van der Waals surface area contributed by atoms with E-state index in [9.17, 15) is 5.11 Å². The van der Waals surface area contributed by atoms with Gasteiger partial charge in [0.1, 0.15) is 12.4 Å². The molecule has 1 aromatic rings. The van der Waals surface area contributed by atoms with Crippen molar-refractivity contribution in [2.24, 2.45) is 16.3 Å². The van der Waals surface area contributed by atoms with Crippen molar-refractivity contribution in [3.63, 3.8) is 0 Å². The highest BCUT2D eigenvalue weighted by molar-refractivity contribution is 5.79. The minimum Gasteiger partial charge on any atom is -0.396 e. The quantitative estimate of drug-likeness (QED) is 0.466. The largest absolute Gasteiger partial charge is 0.396 e. The van der Waals surface area contributed by atoms with Crippen LogP contribution in [0.5, 0.6) is 0 Å². The zero-order valence-corrected chi connectivity index (χ0v) is 16.8. The SMILES string of the molecule is CCNC(=NCc1nccn1CC(C)C)NCC1(CCO)CCCCC1. The molecular weight excluding hydrogens is 326 g/mol. The number of imidazole rings is 1. The molecule has 3 N–H and O–H groups in total. The lowest BCUT2D eigenvalue weighted by molar-refractivity contribution is 0.131. The van der Waals surface area contributed by atoms with Crippen LogP contribution in [0.25, 0.3) is 0 Å². The molecule has 6 heteroatoms. The Balaban J connectivity index is 1.98. The van der Waals surface area contributed by atoms with Gasteiger partial charge in [0.2, 0.25) is 0 Å². The molecule has 0 saturated heterocycles. The van der Waals surface area contributed by atoms with Crippen molar-refractivity contribution >= 4 is 5.96 Å². The maximum Gasteiger partial charge on any atom is 0.191 e. The highest BCUT2D eigenvalue weighted by atomic mass is 16.3. The van der Waals surface area contributed by atoms with Gasteiger partial charge < -0.3 is 20.3 Å². The maximum absolute atomic E-state index is 9.50. The summed E-state index contributed by atoms with van der Waals surface area (Å²) in [5.74, 6) is 2.43. The first-order valence-electron chi connectivity index (χ1n) is 10.2. The van der Waals surface area contributed by atoms with Crippen LogP contribution in [0.4, 0.5) is 0 Å². The number of hydrogen-bond donors (Lipinski definition) is 3. The molecule has 0 radical (unpaired) electrons. The molecule has 148 valence electrons. The fraction of sp³-hybridized carbons (Fsp3) is 0.800. The molecule has 0 spiro atoms. The van der Waals surface area contributed by atoms with Gasteiger partial charge >= 0.3 is 0 Å². The number of nitrogens with one attached hydrogen (secondary N) is 2. The van der Waals surface area contributed by atoms with Gasteiger partial charge in [0.25, 0.3) is 0 Å². The van der Waals surface area contributed by atoms with E-state index in [1.807, 2.05) is 12.4 Å². The Kier molecular flexibility index (Phi) is 8.42. The molecule has 0 aromatic carbocycles. The number of guanidine groups is 1. The van der Waals surface area contributed by atoms with Crippen LogP contribution in [0.3, 0.4) is 0 Å². The Morgan fingerprint density at radius 1 is 1.31 bits per heavy atom. The van der Waals surface area contributed by atoms with E-state index >= 15 is 0 Å². The van der Waals surface area contributed by atoms with Gasteiger partial charge in [-0.3, -0.25) is 0 Å². The Bertz CT molecular complexity index is 541. The lowest BCUT2D eigenvalue weighted by Gasteiger charge is -2.37. The van der Waals surface area contributed by atoms with Crippen LogP contribution in [0.15, 0.2) is 17.4 Å². The molecule has 0 amide bonds. The zero-order chi connectivity index (χ0) is 18.8. The summed E-state index contributed by atoms with van der Waals surface area (Å²) in [5, 5.41) is 16.4. The van der Waals surface area contributed by atoms with Gasteiger partial charge in [-0.1, -0.05) is 33.1 Å². The molecule has 6 nitrogen and oxygen atoms in total. The molecule has 1 fully saturated rings. The van der Waals surface area contributed by atoms with Crippen molar-refractivity contribution in [3.8, 4) is 0 Å². The first-order valence-corrected chi connectivity index (χ1v) is 10.2. The molecule has 0 bridgehead atoms. The second kappa shape index (κ2) is 10.6. The standard InChI is InChI=1S/C20H37N5O/c1-4-21-19(23-14-18-22-11-12-25(18)15-17(2)3)24-16-20(10-13-26)8-6-5-7-9-20/h11-12,17,26H,4-10,13-16H2,1-3H3,(H2,21,23,24). The van der Waals surface area contributed by atoms with Gasteiger partial charge in [0.05, 0.1) is 0 Å². The average Bonchev–Trinajstić information content (AvgIpc) is 3.05. The predicted molar refractivity (Wildman–Crippen MR) is 107 cm³/mol. The van der Waals surface area contributed by atoms with Crippen LogP contribution in [-0.2, 0) is 13.1 Å². The van der Waals surface area contributed by atoms with Crippen LogP contribution in [0.1, 0.15) is 65.1 Å². The second-order valence-corrected chi connectivity index (χ2v) is 7.97. The van der Waals surface area contributed by atoms with Gasteiger partial charge in [-0.05, 0) is 37.5 Å². The van der Waals surface area contributed by atoms with E-state index in [1.165, 1.54) is 32.1 Å². The normalized spacial score (nSPS) is 17.5. The summed E-state index contributed by atoms with van der Waals surface area (Å²) < 4.78 is 2.19. The summed E-state index contributed by atoms with van der Waals surface area (Å²) >= 11 is 0. The third-order valence-corrected chi connectivity index (χ3v) is 5.27. The van der Waals surface area contributed by atoms with E-state index in [1.54, 1.807) is 0 Å². The van der Waals surface area contributed by atoms with E-state index < -0.39 is 0 Å². The Hall–Kier alpha value is -1.56. The lowest BCUT2D eigenvalue weighted by atomic mass is 9.72. The number of nitrogens with zero attached hydrogens (tertiary/aromatic N) is 3. The molecule has 2 rings (SSSR count). The smallest absolute Gasteiger partial charge is 0.191 e. The fourth-order valence-electron chi connectivity index (χ4n) is 3.87. The molecule has 1 heterocycles.